The maximum absolute atomic E-state index is 12.4. The van der Waals surface area contributed by atoms with E-state index in [1.165, 1.54) is 4.31 Å². The van der Waals surface area contributed by atoms with Gasteiger partial charge in [-0.25, -0.2) is 13.6 Å². The number of piperazine rings is 1. The molecule has 0 unspecified atom stereocenters. The fraction of sp³-hybridized carbons (Fsp3) is 1.00. The summed E-state index contributed by atoms with van der Waals surface area (Å²) in [5, 5.41) is 4.61. The molecule has 19 heavy (non-hydrogen) atoms. The molecule has 2 fully saturated rings. The van der Waals surface area contributed by atoms with Gasteiger partial charge in [-0.3, -0.25) is 0 Å². The van der Waals surface area contributed by atoms with Crippen LogP contribution < -0.4 is 5.14 Å². The minimum Gasteiger partial charge on any atom is -0.381 e. The summed E-state index contributed by atoms with van der Waals surface area (Å²) in [5.41, 5.74) is 0. The molecule has 2 aliphatic heterocycles. The lowest BCUT2D eigenvalue weighted by atomic mass is 10.2. The van der Waals surface area contributed by atoms with Crippen LogP contribution in [0.5, 0.6) is 0 Å². The zero-order valence-electron chi connectivity index (χ0n) is 10.6. The minimum atomic E-state index is -3.73. The molecule has 0 aromatic rings. The number of ether oxygens (including phenoxy) is 1. The lowest BCUT2D eigenvalue weighted by Gasteiger charge is -2.35. The quantitative estimate of drug-likeness (QED) is 0.669. The molecule has 0 saturated carbocycles. The summed E-state index contributed by atoms with van der Waals surface area (Å²) in [4.78, 5) is 0. The molecule has 10 heteroatoms. The lowest BCUT2D eigenvalue weighted by molar-refractivity contribution is 0.0968. The normalized spacial score (nSPS) is 25.5. The molecule has 0 aliphatic carbocycles. The minimum absolute atomic E-state index is 0.112. The Morgan fingerprint density at radius 2 is 1.37 bits per heavy atom. The van der Waals surface area contributed by atoms with Crippen molar-refractivity contribution in [2.45, 2.75) is 18.1 Å². The van der Waals surface area contributed by atoms with Gasteiger partial charge in [-0.15, -0.1) is 0 Å². The Balaban J connectivity index is 2.00. The van der Waals surface area contributed by atoms with E-state index in [-0.39, 0.29) is 26.2 Å². The predicted octanol–water partition coefficient (Wildman–Crippen LogP) is -1.68. The van der Waals surface area contributed by atoms with E-state index < -0.39 is 25.5 Å². The van der Waals surface area contributed by atoms with Gasteiger partial charge >= 0.3 is 0 Å². The Hall–Kier alpha value is -0.260. The SMILES string of the molecule is NS(=O)(=O)N1CCN(S(=O)(=O)C2CCOCC2)CC1. The first kappa shape index (κ1) is 15.1. The Morgan fingerprint density at radius 3 is 1.84 bits per heavy atom. The van der Waals surface area contributed by atoms with E-state index in [2.05, 4.69) is 0 Å². The fourth-order valence-corrected chi connectivity index (χ4v) is 4.92. The van der Waals surface area contributed by atoms with E-state index >= 15 is 0 Å². The van der Waals surface area contributed by atoms with Gasteiger partial charge in [-0.05, 0) is 12.8 Å². The Morgan fingerprint density at radius 1 is 0.895 bits per heavy atom. The lowest BCUT2D eigenvalue weighted by Crippen LogP contribution is -2.54. The first-order valence-corrected chi connectivity index (χ1v) is 9.17. The van der Waals surface area contributed by atoms with E-state index in [0.29, 0.717) is 26.1 Å². The van der Waals surface area contributed by atoms with Crippen molar-refractivity contribution in [3.05, 3.63) is 0 Å². The first-order chi connectivity index (χ1) is 8.82. The molecule has 112 valence electrons. The number of hydrogen-bond donors (Lipinski definition) is 1. The summed E-state index contributed by atoms with van der Waals surface area (Å²) < 4.78 is 54.7. The van der Waals surface area contributed by atoms with Crippen LogP contribution in [-0.2, 0) is 25.0 Å². The summed E-state index contributed by atoms with van der Waals surface area (Å²) in [5.74, 6) is 0. The highest BCUT2D eigenvalue weighted by Crippen LogP contribution is 2.21. The number of hydrogen-bond acceptors (Lipinski definition) is 5. The van der Waals surface area contributed by atoms with Gasteiger partial charge in [0.1, 0.15) is 0 Å². The Labute approximate surface area is 113 Å². The van der Waals surface area contributed by atoms with Crippen molar-refractivity contribution in [2.75, 3.05) is 39.4 Å². The van der Waals surface area contributed by atoms with Gasteiger partial charge in [0, 0.05) is 39.4 Å². The Bertz CT molecular complexity index is 504. The summed E-state index contributed by atoms with van der Waals surface area (Å²) in [6, 6.07) is 0. The zero-order valence-corrected chi connectivity index (χ0v) is 12.2. The van der Waals surface area contributed by atoms with E-state index in [4.69, 9.17) is 9.88 Å². The molecule has 0 radical (unpaired) electrons. The maximum atomic E-state index is 12.4. The third kappa shape index (κ3) is 3.44. The highest BCUT2D eigenvalue weighted by atomic mass is 32.2. The van der Waals surface area contributed by atoms with Crippen molar-refractivity contribution < 1.29 is 21.6 Å². The van der Waals surface area contributed by atoms with Gasteiger partial charge in [0.15, 0.2) is 0 Å². The second-order valence-electron chi connectivity index (χ2n) is 4.70. The molecule has 2 saturated heterocycles. The van der Waals surface area contributed by atoms with Gasteiger partial charge in [0.2, 0.25) is 10.0 Å². The van der Waals surface area contributed by atoms with Crippen molar-refractivity contribution >= 4 is 20.2 Å². The van der Waals surface area contributed by atoms with E-state index in [1.807, 2.05) is 0 Å². The van der Waals surface area contributed by atoms with Gasteiger partial charge in [-0.2, -0.15) is 17.0 Å². The van der Waals surface area contributed by atoms with Crippen molar-refractivity contribution in [3.8, 4) is 0 Å². The van der Waals surface area contributed by atoms with Crippen LogP contribution in [0.2, 0.25) is 0 Å². The standard InChI is InChI=1S/C9H19N3O5S2/c10-19(15,16)12-5-3-11(4-6-12)18(13,14)9-1-7-17-8-2-9/h9H,1-8H2,(H2,10,15,16). The predicted molar refractivity (Wildman–Crippen MR) is 69.0 cm³/mol. The van der Waals surface area contributed by atoms with Crippen molar-refractivity contribution in [1.29, 1.82) is 0 Å². The monoisotopic (exact) mass is 313 g/mol. The van der Waals surface area contributed by atoms with Crippen molar-refractivity contribution in [3.63, 3.8) is 0 Å². The Kier molecular flexibility index (Phi) is 4.48. The first-order valence-electron chi connectivity index (χ1n) is 6.16. The molecule has 0 atom stereocenters. The summed E-state index contributed by atoms with van der Waals surface area (Å²) in [6.45, 7) is 1.47. The van der Waals surface area contributed by atoms with E-state index in [9.17, 15) is 16.8 Å². The van der Waals surface area contributed by atoms with Gasteiger partial charge in [0.05, 0.1) is 5.25 Å². The maximum Gasteiger partial charge on any atom is 0.276 e. The molecule has 0 spiro atoms. The van der Waals surface area contributed by atoms with Crippen LogP contribution in [0.3, 0.4) is 0 Å². The molecule has 0 aromatic heterocycles. The highest BCUT2D eigenvalue weighted by molar-refractivity contribution is 7.89. The zero-order chi connectivity index (χ0) is 14.1. The van der Waals surface area contributed by atoms with Crippen LogP contribution in [0.15, 0.2) is 0 Å². The second kappa shape index (κ2) is 5.62. The average molecular weight is 313 g/mol. The smallest absolute Gasteiger partial charge is 0.276 e. The van der Waals surface area contributed by atoms with Crippen LogP contribution in [-0.4, -0.2) is 70.1 Å². The number of sulfonamides is 1. The van der Waals surface area contributed by atoms with Crippen LogP contribution in [0.25, 0.3) is 0 Å². The molecule has 0 aromatic carbocycles. The average Bonchev–Trinajstić information content (AvgIpc) is 2.39. The topological polar surface area (TPSA) is 110 Å². The van der Waals surface area contributed by atoms with E-state index in [1.54, 1.807) is 0 Å². The van der Waals surface area contributed by atoms with Gasteiger partial charge in [0.25, 0.3) is 10.2 Å². The van der Waals surface area contributed by atoms with Gasteiger partial charge < -0.3 is 4.74 Å². The van der Waals surface area contributed by atoms with Crippen LogP contribution in [0, 0.1) is 0 Å². The molecule has 0 bridgehead atoms. The molecule has 2 N–H and O–H groups in total. The third-order valence-electron chi connectivity index (χ3n) is 3.51. The van der Waals surface area contributed by atoms with Crippen molar-refractivity contribution in [1.82, 2.24) is 8.61 Å². The van der Waals surface area contributed by atoms with E-state index in [0.717, 1.165) is 4.31 Å². The molecule has 2 rings (SSSR count). The summed E-state index contributed by atoms with van der Waals surface area (Å²) in [7, 11) is -7.09. The van der Waals surface area contributed by atoms with Crippen LogP contribution >= 0.6 is 0 Å². The summed E-state index contributed by atoms with van der Waals surface area (Å²) in [6.07, 6.45) is 0.996. The van der Waals surface area contributed by atoms with Crippen molar-refractivity contribution in [2.24, 2.45) is 5.14 Å². The molecular formula is C9H19N3O5S2. The number of rotatable bonds is 3. The second-order valence-corrected chi connectivity index (χ2v) is 8.46. The molecular weight excluding hydrogens is 294 g/mol. The number of nitrogens with two attached hydrogens (primary N) is 1. The molecule has 0 amide bonds. The van der Waals surface area contributed by atoms with Crippen LogP contribution in [0.4, 0.5) is 0 Å². The molecule has 2 aliphatic rings. The molecule has 2 heterocycles. The molecule has 8 nitrogen and oxygen atoms in total. The fourth-order valence-electron chi connectivity index (χ4n) is 2.36. The number of nitrogens with zero attached hydrogens (tertiary/aromatic N) is 2. The summed E-state index contributed by atoms with van der Waals surface area (Å²) >= 11 is 0. The van der Waals surface area contributed by atoms with Crippen LogP contribution in [0.1, 0.15) is 12.8 Å². The van der Waals surface area contributed by atoms with Gasteiger partial charge in [-0.1, -0.05) is 0 Å². The largest absolute Gasteiger partial charge is 0.381 e. The highest BCUT2D eigenvalue weighted by Gasteiger charge is 2.36. The third-order valence-corrected chi connectivity index (χ3v) is 6.99.